The Morgan fingerprint density at radius 2 is 1.61 bits per heavy atom. The van der Waals surface area contributed by atoms with E-state index in [4.69, 9.17) is 0 Å². The largest absolute Gasteiger partial charge is 0.356 e. The van der Waals surface area contributed by atoms with Crippen molar-refractivity contribution in [3.63, 3.8) is 0 Å². The number of piperazine rings is 1. The van der Waals surface area contributed by atoms with Crippen LogP contribution in [0.5, 0.6) is 0 Å². The summed E-state index contributed by atoms with van der Waals surface area (Å²) in [6.45, 7) is 8.14. The van der Waals surface area contributed by atoms with Crippen LogP contribution in [0.4, 0.5) is 0 Å². The highest BCUT2D eigenvalue weighted by Crippen LogP contribution is 2.01. The number of halogens is 1. The maximum absolute atomic E-state index is 4.27. The van der Waals surface area contributed by atoms with E-state index >= 15 is 0 Å². The second-order valence-corrected chi connectivity index (χ2v) is 6.96. The fourth-order valence-corrected chi connectivity index (χ4v) is 3.03. The van der Waals surface area contributed by atoms with Gasteiger partial charge >= 0.3 is 0 Å². The minimum atomic E-state index is 0. The molecule has 2 N–H and O–H groups in total. The molecule has 1 rings (SSSR count). The average molecular weight is 457 g/mol. The summed E-state index contributed by atoms with van der Waals surface area (Å²) in [5.41, 5.74) is 0. The van der Waals surface area contributed by atoms with Gasteiger partial charge in [-0.2, -0.15) is 11.8 Å². The van der Waals surface area contributed by atoms with Crippen LogP contribution in [0.3, 0.4) is 0 Å². The van der Waals surface area contributed by atoms with Gasteiger partial charge in [0, 0.05) is 46.3 Å². The van der Waals surface area contributed by atoms with Gasteiger partial charge in [0.1, 0.15) is 0 Å². The topological polar surface area (TPSA) is 42.9 Å². The van der Waals surface area contributed by atoms with Gasteiger partial charge in [-0.3, -0.25) is 4.99 Å². The Balaban J connectivity index is 0.00000484. The van der Waals surface area contributed by atoms with Crippen molar-refractivity contribution in [3.05, 3.63) is 0 Å². The normalized spacial score (nSPS) is 16.9. The van der Waals surface area contributed by atoms with E-state index in [9.17, 15) is 0 Å². The summed E-state index contributed by atoms with van der Waals surface area (Å²) in [6.07, 6.45) is 7.12. The highest BCUT2D eigenvalue weighted by atomic mass is 127. The van der Waals surface area contributed by atoms with Crippen LogP contribution in [-0.2, 0) is 0 Å². The third kappa shape index (κ3) is 12.3. The zero-order valence-electron chi connectivity index (χ0n) is 15.1. The first-order valence-corrected chi connectivity index (χ1v) is 10.00. The smallest absolute Gasteiger partial charge is 0.190 e. The van der Waals surface area contributed by atoms with Crippen LogP contribution in [0, 0.1) is 0 Å². The van der Waals surface area contributed by atoms with Gasteiger partial charge in [-0.1, -0.05) is 0 Å². The van der Waals surface area contributed by atoms with Gasteiger partial charge in [0.25, 0.3) is 0 Å². The molecule has 0 atom stereocenters. The number of likely N-dealkylation sites (N-methyl/N-ethyl adjacent to an activating group) is 1. The number of unbranched alkanes of at least 4 members (excludes halogenated alkanes) is 2. The van der Waals surface area contributed by atoms with E-state index in [1.54, 1.807) is 0 Å². The van der Waals surface area contributed by atoms with Gasteiger partial charge in [-0.05, 0) is 51.3 Å². The molecule has 0 aromatic carbocycles. The van der Waals surface area contributed by atoms with Crippen molar-refractivity contribution in [3.8, 4) is 0 Å². The molecular formula is C16H36IN5S. The molecule has 0 radical (unpaired) electrons. The fourth-order valence-electron chi connectivity index (χ4n) is 2.54. The molecule has 0 amide bonds. The van der Waals surface area contributed by atoms with E-state index in [0.717, 1.165) is 19.0 Å². The lowest BCUT2D eigenvalue weighted by atomic mass is 10.2. The Bertz CT molecular complexity index is 296. The molecule has 1 aliphatic rings. The minimum Gasteiger partial charge on any atom is -0.356 e. The second kappa shape index (κ2) is 15.8. The zero-order chi connectivity index (χ0) is 16.0. The molecule has 0 unspecified atom stereocenters. The van der Waals surface area contributed by atoms with Crippen molar-refractivity contribution in [2.24, 2.45) is 4.99 Å². The van der Waals surface area contributed by atoms with Crippen LogP contribution in [0.2, 0.25) is 0 Å². The van der Waals surface area contributed by atoms with Gasteiger partial charge < -0.3 is 20.4 Å². The van der Waals surface area contributed by atoms with Crippen molar-refractivity contribution in [2.45, 2.75) is 25.7 Å². The lowest BCUT2D eigenvalue weighted by molar-refractivity contribution is 0.152. The standard InChI is InChI=1S/C16H35N5S.HI/c1-17-16(19-9-5-7-15-22-3)18-8-4-6-10-21-13-11-20(2)12-14-21;/h4-15H2,1-3H3,(H2,17,18,19);1H. The first kappa shape index (κ1) is 23.3. The predicted octanol–water partition coefficient (Wildman–Crippen LogP) is 1.94. The third-order valence-corrected chi connectivity index (χ3v) is 4.78. The Morgan fingerprint density at radius 3 is 2.17 bits per heavy atom. The molecule has 0 aliphatic carbocycles. The molecule has 1 saturated heterocycles. The molecule has 0 aromatic rings. The first-order chi connectivity index (χ1) is 10.8. The lowest BCUT2D eigenvalue weighted by Gasteiger charge is -2.32. The lowest BCUT2D eigenvalue weighted by Crippen LogP contribution is -2.44. The number of rotatable bonds is 10. The number of nitrogens with one attached hydrogen (secondary N) is 2. The predicted molar refractivity (Wildman–Crippen MR) is 116 cm³/mol. The highest BCUT2D eigenvalue weighted by Gasteiger charge is 2.12. The van der Waals surface area contributed by atoms with Crippen molar-refractivity contribution in [1.82, 2.24) is 20.4 Å². The van der Waals surface area contributed by atoms with Gasteiger partial charge in [0.15, 0.2) is 5.96 Å². The molecule has 7 heteroatoms. The van der Waals surface area contributed by atoms with Crippen LogP contribution >= 0.6 is 35.7 Å². The Morgan fingerprint density at radius 1 is 1.00 bits per heavy atom. The van der Waals surface area contributed by atoms with E-state index in [1.807, 2.05) is 18.8 Å². The van der Waals surface area contributed by atoms with E-state index in [0.29, 0.717) is 0 Å². The van der Waals surface area contributed by atoms with Crippen molar-refractivity contribution >= 4 is 41.7 Å². The molecule has 138 valence electrons. The van der Waals surface area contributed by atoms with Crippen LogP contribution < -0.4 is 10.6 Å². The number of hydrogen-bond acceptors (Lipinski definition) is 4. The average Bonchev–Trinajstić information content (AvgIpc) is 2.54. The molecule has 0 spiro atoms. The van der Waals surface area contributed by atoms with Crippen molar-refractivity contribution < 1.29 is 0 Å². The number of thioether (sulfide) groups is 1. The SMILES string of the molecule is CN=C(NCCCCSC)NCCCCN1CCN(C)CC1.I. The zero-order valence-corrected chi connectivity index (χ0v) is 18.3. The molecule has 1 heterocycles. The van der Waals surface area contributed by atoms with Gasteiger partial charge in [0.05, 0.1) is 0 Å². The monoisotopic (exact) mass is 457 g/mol. The summed E-state index contributed by atoms with van der Waals surface area (Å²) >= 11 is 1.92. The Kier molecular flexibility index (Phi) is 16.0. The summed E-state index contributed by atoms with van der Waals surface area (Å²) in [7, 11) is 4.06. The number of guanidine groups is 1. The molecule has 0 bridgehead atoms. The molecule has 23 heavy (non-hydrogen) atoms. The fraction of sp³-hybridized carbons (Fsp3) is 0.938. The quantitative estimate of drug-likeness (QED) is 0.227. The molecular weight excluding hydrogens is 421 g/mol. The minimum absolute atomic E-state index is 0. The van der Waals surface area contributed by atoms with Crippen LogP contribution in [0.1, 0.15) is 25.7 Å². The molecule has 1 fully saturated rings. The van der Waals surface area contributed by atoms with Crippen molar-refractivity contribution in [1.29, 1.82) is 0 Å². The maximum Gasteiger partial charge on any atom is 0.190 e. The van der Waals surface area contributed by atoms with Crippen molar-refractivity contribution in [2.75, 3.05) is 71.9 Å². The van der Waals surface area contributed by atoms with Crippen LogP contribution in [0.25, 0.3) is 0 Å². The van der Waals surface area contributed by atoms with Gasteiger partial charge in [0.2, 0.25) is 0 Å². The maximum atomic E-state index is 4.27. The van der Waals surface area contributed by atoms with E-state index < -0.39 is 0 Å². The molecule has 1 aliphatic heterocycles. The second-order valence-electron chi connectivity index (χ2n) is 5.98. The summed E-state index contributed by atoms with van der Waals surface area (Å²) < 4.78 is 0. The number of aliphatic imine (C=N–C) groups is 1. The molecule has 0 aromatic heterocycles. The third-order valence-electron chi connectivity index (χ3n) is 4.08. The van der Waals surface area contributed by atoms with Gasteiger partial charge in [-0.25, -0.2) is 0 Å². The van der Waals surface area contributed by atoms with E-state index in [-0.39, 0.29) is 24.0 Å². The summed E-state index contributed by atoms with van der Waals surface area (Å²) in [5.74, 6) is 2.20. The molecule has 0 saturated carbocycles. The number of hydrogen-bond donors (Lipinski definition) is 2. The summed E-state index contributed by atoms with van der Waals surface area (Å²) in [5, 5.41) is 6.80. The number of nitrogens with zero attached hydrogens (tertiary/aromatic N) is 3. The molecule has 5 nitrogen and oxygen atoms in total. The van der Waals surface area contributed by atoms with E-state index in [1.165, 1.54) is 64.2 Å². The van der Waals surface area contributed by atoms with E-state index in [2.05, 4.69) is 38.7 Å². The first-order valence-electron chi connectivity index (χ1n) is 8.60. The Hall–Kier alpha value is 0.270. The van der Waals surface area contributed by atoms with Crippen LogP contribution in [-0.4, -0.2) is 87.7 Å². The Labute approximate surface area is 164 Å². The van der Waals surface area contributed by atoms with Crippen LogP contribution in [0.15, 0.2) is 4.99 Å². The van der Waals surface area contributed by atoms with Gasteiger partial charge in [-0.15, -0.1) is 24.0 Å². The summed E-state index contributed by atoms with van der Waals surface area (Å²) in [6, 6.07) is 0. The highest BCUT2D eigenvalue weighted by molar-refractivity contribution is 14.0. The summed E-state index contributed by atoms with van der Waals surface area (Å²) in [4.78, 5) is 9.27.